The van der Waals surface area contributed by atoms with Crippen molar-refractivity contribution in [3.63, 3.8) is 0 Å². The Kier molecular flexibility index (Phi) is 6.39. The van der Waals surface area contributed by atoms with Crippen molar-refractivity contribution in [1.82, 2.24) is 14.8 Å². The monoisotopic (exact) mass is 450 g/mol. The van der Waals surface area contributed by atoms with Crippen molar-refractivity contribution < 1.29 is 9.47 Å². The molecule has 2 aromatic carbocycles. The average molecular weight is 451 g/mol. The molecule has 2 N–H and O–H groups in total. The number of nitrogens with two attached hydrogens (primary N) is 1. The molecular formula is C24H23ClN4O3. The number of hydrogen-bond donors (Lipinski definition) is 1. The van der Waals surface area contributed by atoms with Gasteiger partial charge in [0.25, 0.3) is 5.56 Å². The highest BCUT2D eigenvalue weighted by Gasteiger charge is 2.10. The zero-order valence-electron chi connectivity index (χ0n) is 17.8. The first kappa shape index (κ1) is 21.8. The molecule has 0 radical (unpaired) electrons. The normalized spacial score (nSPS) is 12.0. The Labute approximate surface area is 190 Å². The van der Waals surface area contributed by atoms with Crippen LogP contribution in [0.4, 0.5) is 0 Å². The molecule has 32 heavy (non-hydrogen) atoms. The lowest BCUT2D eigenvalue weighted by atomic mass is 10.0. The lowest BCUT2D eigenvalue weighted by Gasteiger charge is -2.12. The van der Waals surface area contributed by atoms with Gasteiger partial charge in [0.05, 0.1) is 24.9 Å². The maximum absolute atomic E-state index is 12.3. The molecule has 2 aromatic heterocycles. The maximum atomic E-state index is 12.3. The summed E-state index contributed by atoms with van der Waals surface area (Å²) >= 11 is 6.35. The number of benzene rings is 2. The molecule has 0 saturated heterocycles. The number of rotatable bonds is 7. The molecule has 1 unspecified atom stereocenters. The number of nitrogens with zero attached hydrogens (tertiary/aromatic N) is 3. The molecule has 4 rings (SSSR count). The number of aromatic nitrogens is 3. The first-order valence-corrected chi connectivity index (χ1v) is 10.5. The van der Waals surface area contributed by atoms with E-state index in [4.69, 9.17) is 26.8 Å². The van der Waals surface area contributed by atoms with Crippen molar-refractivity contribution in [2.24, 2.45) is 5.73 Å². The van der Waals surface area contributed by atoms with Crippen LogP contribution in [0.25, 0.3) is 22.2 Å². The predicted octanol–water partition coefficient (Wildman–Crippen LogP) is 4.22. The van der Waals surface area contributed by atoms with E-state index in [0.717, 1.165) is 27.8 Å². The molecule has 164 valence electrons. The fraction of sp³-hybridized carbons (Fsp3) is 0.208. The summed E-state index contributed by atoms with van der Waals surface area (Å²) in [5, 5.41) is 5.92. The third-order valence-electron chi connectivity index (χ3n) is 5.12. The zero-order valence-corrected chi connectivity index (χ0v) is 18.5. The molecule has 0 aliphatic heterocycles. The van der Waals surface area contributed by atoms with Gasteiger partial charge in [-0.2, -0.15) is 5.10 Å². The molecule has 0 saturated carbocycles. The second kappa shape index (κ2) is 9.38. The van der Waals surface area contributed by atoms with Crippen LogP contribution >= 0.6 is 11.6 Å². The Morgan fingerprint density at radius 3 is 2.72 bits per heavy atom. The summed E-state index contributed by atoms with van der Waals surface area (Å²) in [5.74, 6) is 1.41. The molecule has 0 aliphatic carbocycles. The van der Waals surface area contributed by atoms with Crippen LogP contribution in [0.2, 0.25) is 5.02 Å². The van der Waals surface area contributed by atoms with E-state index in [0.29, 0.717) is 16.5 Å². The first-order valence-electron chi connectivity index (χ1n) is 10.2. The van der Waals surface area contributed by atoms with Crippen LogP contribution in [0.15, 0.2) is 65.6 Å². The van der Waals surface area contributed by atoms with Crippen LogP contribution in [0, 0.1) is 0 Å². The standard InChI is InChI=1S/C24H23ClN4O3/c1-15(26)18-5-3-16(13-20(18)25)21-7-8-24(30)29(28-21)11-12-32-23-9-10-27-22-14-17(31-2)4-6-19(22)23/h3-10,13-15H,11-12,26H2,1-2H3. The van der Waals surface area contributed by atoms with E-state index >= 15 is 0 Å². The molecule has 7 nitrogen and oxygen atoms in total. The van der Waals surface area contributed by atoms with Gasteiger partial charge in [-0.1, -0.05) is 23.7 Å². The lowest BCUT2D eigenvalue weighted by molar-refractivity contribution is 0.291. The molecule has 2 heterocycles. The van der Waals surface area contributed by atoms with Gasteiger partial charge in [-0.15, -0.1) is 0 Å². The van der Waals surface area contributed by atoms with E-state index in [-0.39, 0.29) is 24.8 Å². The van der Waals surface area contributed by atoms with Gasteiger partial charge in [-0.25, -0.2) is 4.68 Å². The van der Waals surface area contributed by atoms with Crippen LogP contribution in [0.3, 0.4) is 0 Å². The Morgan fingerprint density at radius 1 is 1.12 bits per heavy atom. The summed E-state index contributed by atoms with van der Waals surface area (Å²) in [5.41, 5.74) is 8.80. The summed E-state index contributed by atoms with van der Waals surface area (Å²) in [6, 6.07) is 16.0. The Morgan fingerprint density at radius 2 is 1.97 bits per heavy atom. The van der Waals surface area contributed by atoms with E-state index < -0.39 is 0 Å². The van der Waals surface area contributed by atoms with Crippen LogP contribution in [-0.2, 0) is 6.54 Å². The second-order valence-corrected chi connectivity index (χ2v) is 7.75. The van der Waals surface area contributed by atoms with Gasteiger partial charge in [0, 0.05) is 40.3 Å². The average Bonchev–Trinajstić information content (AvgIpc) is 2.79. The van der Waals surface area contributed by atoms with Crippen LogP contribution in [-0.4, -0.2) is 28.5 Å². The zero-order chi connectivity index (χ0) is 22.7. The van der Waals surface area contributed by atoms with Crippen molar-refractivity contribution in [1.29, 1.82) is 0 Å². The van der Waals surface area contributed by atoms with E-state index in [2.05, 4.69) is 10.1 Å². The van der Waals surface area contributed by atoms with E-state index in [1.54, 1.807) is 25.4 Å². The largest absolute Gasteiger partial charge is 0.497 e. The number of hydrogen-bond acceptors (Lipinski definition) is 6. The van der Waals surface area contributed by atoms with Gasteiger partial charge >= 0.3 is 0 Å². The molecular weight excluding hydrogens is 428 g/mol. The number of pyridine rings is 1. The number of halogens is 1. The van der Waals surface area contributed by atoms with Crippen LogP contribution < -0.4 is 20.8 Å². The molecule has 0 aliphatic rings. The minimum absolute atomic E-state index is 0.166. The minimum Gasteiger partial charge on any atom is -0.497 e. The van der Waals surface area contributed by atoms with Crippen molar-refractivity contribution in [3.8, 4) is 22.8 Å². The molecule has 0 fully saturated rings. The number of methoxy groups -OCH3 is 1. The number of ether oxygens (including phenoxy) is 2. The quantitative estimate of drug-likeness (QED) is 0.453. The molecule has 8 heteroatoms. The maximum Gasteiger partial charge on any atom is 0.266 e. The van der Waals surface area contributed by atoms with E-state index in [1.807, 2.05) is 43.3 Å². The van der Waals surface area contributed by atoms with Gasteiger partial charge in [0.1, 0.15) is 18.1 Å². The third kappa shape index (κ3) is 4.59. The summed E-state index contributed by atoms with van der Waals surface area (Å²) < 4.78 is 12.6. The fourth-order valence-corrected chi connectivity index (χ4v) is 3.77. The first-order chi connectivity index (χ1) is 15.5. The number of fused-ring (bicyclic) bond motifs is 1. The van der Waals surface area contributed by atoms with Crippen molar-refractivity contribution in [3.05, 3.63) is 81.7 Å². The molecule has 1 atom stereocenters. The third-order valence-corrected chi connectivity index (χ3v) is 5.45. The van der Waals surface area contributed by atoms with Gasteiger partial charge in [0.15, 0.2) is 0 Å². The molecule has 0 bridgehead atoms. The fourth-order valence-electron chi connectivity index (χ4n) is 3.42. The molecule has 0 spiro atoms. The predicted molar refractivity (Wildman–Crippen MR) is 125 cm³/mol. The summed E-state index contributed by atoms with van der Waals surface area (Å²) in [7, 11) is 1.61. The summed E-state index contributed by atoms with van der Waals surface area (Å²) in [6.45, 7) is 2.44. The van der Waals surface area contributed by atoms with Crippen molar-refractivity contribution in [2.45, 2.75) is 19.5 Å². The van der Waals surface area contributed by atoms with E-state index in [1.165, 1.54) is 10.7 Å². The van der Waals surface area contributed by atoms with Crippen molar-refractivity contribution in [2.75, 3.05) is 13.7 Å². The van der Waals surface area contributed by atoms with Gasteiger partial charge in [-0.3, -0.25) is 9.78 Å². The minimum atomic E-state index is -0.208. The Bertz CT molecular complexity index is 1320. The van der Waals surface area contributed by atoms with Gasteiger partial charge in [-0.05, 0) is 42.8 Å². The summed E-state index contributed by atoms with van der Waals surface area (Å²) in [6.07, 6.45) is 1.68. The summed E-state index contributed by atoms with van der Waals surface area (Å²) in [4.78, 5) is 16.7. The highest BCUT2D eigenvalue weighted by atomic mass is 35.5. The smallest absolute Gasteiger partial charge is 0.266 e. The van der Waals surface area contributed by atoms with Gasteiger partial charge in [0.2, 0.25) is 0 Å². The van der Waals surface area contributed by atoms with Crippen LogP contribution in [0.5, 0.6) is 11.5 Å². The molecule has 0 amide bonds. The lowest BCUT2D eigenvalue weighted by Crippen LogP contribution is -2.25. The van der Waals surface area contributed by atoms with Gasteiger partial charge < -0.3 is 15.2 Å². The Hall–Kier alpha value is -3.42. The Balaban J connectivity index is 1.52. The van der Waals surface area contributed by atoms with Crippen molar-refractivity contribution >= 4 is 22.5 Å². The molecule has 4 aromatic rings. The highest BCUT2D eigenvalue weighted by Crippen LogP contribution is 2.28. The second-order valence-electron chi connectivity index (χ2n) is 7.35. The SMILES string of the molecule is COc1ccc2c(OCCn3nc(-c4ccc(C(C)N)c(Cl)c4)ccc3=O)ccnc2c1. The van der Waals surface area contributed by atoms with E-state index in [9.17, 15) is 4.79 Å². The highest BCUT2D eigenvalue weighted by molar-refractivity contribution is 6.31. The topological polar surface area (TPSA) is 92.3 Å². The van der Waals surface area contributed by atoms with Crippen LogP contribution in [0.1, 0.15) is 18.5 Å².